The molecule has 0 amide bonds. The van der Waals surface area contributed by atoms with Gasteiger partial charge in [0.25, 0.3) is 0 Å². The van der Waals surface area contributed by atoms with E-state index in [0.29, 0.717) is 16.7 Å². The molecule has 0 aromatic heterocycles. The molecule has 0 aliphatic rings. The lowest BCUT2D eigenvalue weighted by Gasteiger charge is -2.24. The monoisotopic (exact) mass is 545 g/mol. The average molecular weight is 546 g/mol. The molecule has 1 atom stereocenters. The fourth-order valence-corrected chi connectivity index (χ4v) is 5.60. The number of hydrogen-bond donors (Lipinski definition) is 2. The Balaban J connectivity index is 1.66. The van der Waals surface area contributed by atoms with Gasteiger partial charge < -0.3 is 10.2 Å². The fraction of sp³-hybridized carbons (Fsp3) is 0.111. The molecule has 1 unspecified atom stereocenters. The summed E-state index contributed by atoms with van der Waals surface area (Å²) in [6, 6.07) is 24.0. The predicted octanol–water partition coefficient (Wildman–Crippen LogP) is 6.31. The maximum Gasteiger partial charge on any atom is 0.247 e. The summed E-state index contributed by atoms with van der Waals surface area (Å²) in [4.78, 5) is -0.393. The van der Waals surface area contributed by atoms with E-state index in [1.54, 1.807) is 24.3 Å². The summed E-state index contributed by atoms with van der Waals surface area (Å²) in [7, 11) is -4.25. The number of rotatable bonds is 8. The molecule has 2 N–H and O–H groups in total. The number of aliphatic hydroxyl groups is 1. The Hall–Kier alpha value is -2.94. The maximum atomic E-state index is 13.6. The largest absolute Gasteiger partial charge is 0.505 e. The van der Waals surface area contributed by atoms with Crippen LogP contribution in [-0.2, 0) is 23.1 Å². The molecule has 0 radical (unpaired) electrons. The first-order chi connectivity index (χ1) is 17.2. The van der Waals surface area contributed by atoms with E-state index < -0.39 is 32.6 Å². The zero-order valence-electron chi connectivity index (χ0n) is 18.9. The second kappa shape index (κ2) is 11.0. The van der Waals surface area contributed by atoms with Gasteiger partial charge in [-0.2, -0.15) is 4.31 Å². The van der Waals surface area contributed by atoms with Crippen molar-refractivity contribution in [1.82, 2.24) is 4.31 Å². The summed E-state index contributed by atoms with van der Waals surface area (Å²) in [6.45, 7) is -0.141. The van der Waals surface area contributed by atoms with Gasteiger partial charge in [0, 0.05) is 13.1 Å². The van der Waals surface area contributed by atoms with Crippen LogP contribution >= 0.6 is 23.2 Å². The summed E-state index contributed by atoms with van der Waals surface area (Å²) in [6.07, 6.45) is -0.826. The minimum Gasteiger partial charge on any atom is -0.505 e. The molecule has 4 aromatic rings. The van der Waals surface area contributed by atoms with Gasteiger partial charge in [0.1, 0.15) is 21.8 Å². The van der Waals surface area contributed by atoms with Crippen LogP contribution in [0, 0.1) is 5.82 Å². The van der Waals surface area contributed by atoms with Crippen LogP contribution in [0.25, 0.3) is 0 Å². The molecule has 9 heteroatoms. The standard InChI is InChI=1S/C27H22Cl2FNO4S/c28-23-14-15-24(27(33)25(23)29)36(34,35)31(17-19-8-12-22(30)13-9-19)16-18-6-10-21(11-7-18)26(32)20-4-2-1-3-5-20/h1-15,26,32-33H,16-17H2. The lowest BCUT2D eigenvalue weighted by molar-refractivity contribution is 0.220. The molecule has 0 fully saturated rings. The maximum absolute atomic E-state index is 13.6. The Bertz CT molecular complexity index is 1450. The van der Waals surface area contributed by atoms with Crippen LogP contribution in [-0.4, -0.2) is 22.9 Å². The third-order valence-corrected chi connectivity index (χ3v) is 8.31. The van der Waals surface area contributed by atoms with Crippen molar-refractivity contribution in [2.45, 2.75) is 24.1 Å². The molecular weight excluding hydrogens is 524 g/mol. The van der Waals surface area contributed by atoms with E-state index in [2.05, 4.69) is 0 Å². The highest BCUT2D eigenvalue weighted by molar-refractivity contribution is 7.89. The van der Waals surface area contributed by atoms with E-state index >= 15 is 0 Å². The number of benzene rings is 4. The van der Waals surface area contributed by atoms with Crippen LogP contribution < -0.4 is 0 Å². The highest BCUT2D eigenvalue weighted by atomic mass is 35.5. The van der Waals surface area contributed by atoms with Crippen LogP contribution in [0.3, 0.4) is 0 Å². The molecule has 0 aliphatic carbocycles. The summed E-state index contributed by atoms with van der Waals surface area (Å²) < 4.78 is 41.8. The van der Waals surface area contributed by atoms with Crippen LogP contribution in [0.2, 0.25) is 10.0 Å². The lowest BCUT2D eigenvalue weighted by Crippen LogP contribution is -2.30. The third-order valence-electron chi connectivity index (χ3n) is 5.69. The third kappa shape index (κ3) is 5.72. The van der Waals surface area contributed by atoms with E-state index in [1.807, 2.05) is 30.3 Å². The molecule has 0 aliphatic heterocycles. The Labute approximate surface area is 219 Å². The zero-order chi connectivity index (χ0) is 25.9. The molecule has 0 heterocycles. The summed E-state index contributed by atoms with van der Waals surface area (Å²) in [5.41, 5.74) is 2.58. The van der Waals surface area contributed by atoms with Gasteiger partial charge in [-0.05, 0) is 46.5 Å². The molecule has 0 saturated heterocycles. The SMILES string of the molecule is O=S(=O)(c1ccc(Cl)c(Cl)c1O)N(Cc1ccc(F)cc1)Cc1ccc(C(O)c2ccccc2)cc1. The Morgan fingerprint density at radius 2 is 1.31 bits per heavy atom. The van der Waals surface area contributed by atoms with Gasteiger partial charge in [-0.1, -0.05) is 89.9 Å². The predicted molar refractivity (Wildman–Crippen MR) is 138 cm³/mol. The minimum atomic E-state index is -4.25. The number of phenols is 1. The topological polar surface area (TPSA) is 77.8 Å². The Kier molecular flexibility index (Phi) is 7.97. The van der Waals surface area contributed by atoms with Crippen molar-refractivity contribution in [2.75, 3.05) is 0 Å². The van der Waals surface area contributed by atoms with E-state index in [-0.39, 0.29) is 23.1 Å². The molecule has 5 nitrogen and oxygen atoms in total. The fourth-order valence-electron chi connectivity index (χ4n) is 3.73. The highest BCUT2D eigenvalue weighted by Crippen LogP contribution is 2.38. The second-order valence-electron chi connectivity index (χ2n) is 8.16. The van der Waals surface area contributed by atoms with Crippen molar-refractivity contribution in [3.05, 3.63) is 129 Å². The highest BCUT2D eigenvalue weighted by Gasteiger charge is 2.29. The van der Waals surface area contributed by atoms with Crippen molar-refractivity contribution in [3.8, 4) is 5.75 Å². The zero-order valence-corrected chi connectivity index (χ0v) is 21.2. The molecule has 186 valence electrons. The molecule has 0 bridgehead atoms. The summed E-state index contributed by atoms with van der Waals surface area (Å²) >= 11 is 11.9. The van der Waals surface area contributed by atoms with E-state index in [4.69, 9.17) is 23.2 Å². The van der Waals surface area contributed by atoms with Gasteiger partial charge in [-0.3, -0.25) is 0 Å². The quantitative estimate of drug-likeness (QED) is 0.272. The van der Waals surface area contributed by atoms with Crippen molar-refractivity contribution in [3.63, 3.8) is 0 Å². The smallest absolute Gasteiger partial charge is 0.247 e. The van der Waals surface area contributed by atoms with Gasteiger partial charge in [0.2, 0.25) is 10.0 Å². The summed E-state index contributed by atoms with van der Waals surface area (Å²) in [5, 5.41) is 20.8. The minimum absolute atomic E-state index is 0.0192. The van der Waals surface area contributed by atoms with Crippen LogP contribution in [0.15, 0.2) is 95.9 Å². The number of hydrogen-bond acceptors (Lipinski definition) is 4. The van der Waals surface area contributed by atoms with E-state index in [9.17, 15) is 23.0 Å². The van der Waals surface area contributed by atoms with Gasteiger partial charge in [-0.25, -0.2) is 12.8 Å². The van der Waals surface area contributed by atoms with Crippen LogP contribution in [0.5, 0.6) is 5.75 Å². The Morgan fingerprint density at radius 1 is 0.778 bits per heavy atom. The van der Waals surface area contributed by atoms with Crippen molar-refractivity contribution < 1.29 is 23.0 Å². The van der Waals surface area contributed by atoms with E-state index in [1.165, 1.54) is 36.4 Å². The normalized spacial score (nSPS) is 12.6. The van der Waals surface area contributed by atoms with Gasteiger partial charge >= 0.3 is 0 Å². The first-order valence-electron chi connectivity index (χ1n) is 10.9. The molecule has 36 heavy (non-hydrogen) atoms. The summed E-state index contributed by atoms with van der Waals surface area (Å²) in [5.74, 6) is -1.09. The van der Waals surface area contributed by atoms with Gasteiger partial charge in [0.15, 0.2) is 5.75 Å². The number of phenolic OH excluding ortho intramolecular Hbond substituents is 1. The van der Waals surface area contributed by atoms with Crippen molar-refractivity contribution in [2.24, 2.45) is 0 Å². The average Bonchev–Trinajstić information content (AvgIpc) is 2.88. The van der Waals surface area contributed by atoms with Gasteiger partial charge in [0.05, 0.1) is 5.02 Å². The van der Waals surface area contributed by atoms with E-state index in [0.717, 1.165) is 9.87 Å². The number of nitrogens with zero attached hydrogens (tertiary/aromatic N) is 1. The second-order valence-corrected chi connectivity index (χ2v) is 10.9. The molecule has 0 saturated carbocycles. The molecule has 0 spiro atoms. The molecule has 4 rings (SSSR count). The van der Waals surface area contributed by atoms with Crippen molar-refractivity contribution in [1.29, 1.82) is 0 Å². The molecule has 4 aromatic carbocycles. The van der Waals surface area contributed by atoms with Crippen LogP contribution in [0.1, 0.15) is 28.4 Å². The number of aromatic hydroxyl groups is 1. The van der Waals surface area contributed by atoms with Crippen LogP contribution in [0.4, 0.5) is 4.39 Å². The first kappa shape index (κ1) is 26.1. The Morgan fingerprint density at radius 3 is 1.89 bits per heavy atom. The lowest BCUT2D eigenvalue weighted by atomic mass is 10.0. The first-order valence-corrected chi connectivity index (χ1v) is 13.1. The number of halogens is 3. The van der Waals surface area contributed by atoms with Gasteiger partial charge in [-0.15, -0.1) is 0 Å². The number of sulfonamides is 1. The number of aliphatic hydroxyl groups excluding tert-OH is 1. The van der Waals surface area contributed by atoms with Crippen molar-refractivity contribution >= 4 is 33.2 Å². The molecular formula is C27H22Cl2FNO4S.